The van der Waals surface area contributed by atoms with E-state index >= 15 is 0 Å². The maximum atomic E-state index is 12.0. The Bertz CT molecular complexity index is 498. The lowest BCUT2D eigenvalue weighted by Gasteiger charge is -2.34. The van der Waals surface area contributed by atoms with Crippen molar-refractivity contribution in [3.63, 3.8) is 0 Å². The number of nitrogens with zero attached hydrogens (tertiary/aromatic N) is 1. The summed E-state index contributed by atoms with van der Waals surface area (Å²) in [5, 5.41) is 3.09. The number of nitrogens with two attached hydrogens (primary N) is 1. The quantitative estimate of drug-likeness (QED) is 0.788. The lowest BCUT2D eigenvalue weighted by Crippen LogP contribution is -2.45. The van der Waals surface area contributed by atoms with E-state index in [0.29, 0.717) is 13.0 Å². The molecule has 1 atom stereocenters. The van der Waals surface area contributed by atoms with Gasteiger partial charge in [0.1, 0.15) is 5.75 Å². The van der Waals surface area contributed by atoms with Gasteiger partial charge in [-0.05, 0) is 25.0 Å². The summed E-state index contributed by atoms with van der Waals surface area (Å²) in [6.07, 6.45) is 1.96. The molecule has 1 aliphatic heterocycles. The number of carbonyl (C=O) groups excluding carboxylic acids is 1. The van der Waals surface area contributed by atoms with E-state index in [1.807, 2.05) is 18.2 Å². The Morgan fingerprint density at radius 2 is 2.04 bits per heavy atom. The summed E-state index contributed by atoms with van der Waals surface area (Å²) in [4.78, 5) is 14.3. The number of carbonyl (C=O) groups is 1. The predicted octanol–water partition coefficient (Wildman–Crippen LogP) is 1.14. The van der Waals surface area contributed by atoms with E-state index in [-0.39, 0.29) is 18.1 Å². The maximum Gasteiger partial charge on any atom is 0.222 e. The second-order valence-electron chi connectivity index (χ2n) is 5.80. The van der Waals surface area contributed by atoms with E-state index in [9.17, 15) is 4.79 Å². The van der Waals surface area contributed by atoms with Crippen LogP contribution in [0.5, 0.6) is 5.75 Å². The van der Waals surface area contributed by atoms with Gasteiger partial charge in [-0.1, -0.05) is 12.1 Å². The lowest BCUT2D eigenvalue weighted by molar-refractivity contribution is -0.124. The minimum absolute atomic E-state index is 0.0121. The molecule has 0 spiro atoms. The fourth-order valence-electron chi connectivity index (χ4n) is 2.91. The van der Waals surface area contributed by atoms with Gasteiger partial charge in [-0.2, -0.15) is 0 Å². The molecule has 1 aromatic carbocycles. The molecule has 1 aromatic rings. The maximum absolute atomic E-state index is 12.0. The van der Waals surface area contributed by atoms with Crippen LogP contribution in [0, 0.1) is 0 Å². The van der Waals surface area contributed by atoms with Gasteiger partial charge in [0.15, 0.2) is 0 Å². The highest BCUT2D eigenvalue weighted by Gasteiger charge is 2.23. The zero-order valence-corrected chi connectivity index (χ0v) is 14.0. The van der Waals surface area contributed by atoms with Gasteiger partial charge in [0, 0.05) is 32.8 Å². The van der Waals surface area contributed by atoms with E-state index in [1.54, 1.807) is 14.2 Å². The first-order valence-electron chi connectivity index (χ1n) is 8.08. The number of anilines is 1. The first-order valence-corrected chi connectivity index (χ1v) is 8.08. The molecular weight excluding hydrogens is 294 g/mol. The number of methoxy groups -OCH3 is 2. The third-order valence-electron chi connectivity index (χ3n) is 4.30. The lowest BCUT2D eigenvalue weighted by atomic mass is 10.0. The summed E-state index contributed by atoms with van der Waals surface area (Å²) in [7, 11) is 3.27. The van der Waals surface area contributed by atoms with Crippen LogP contribution in [0.25, 0.3) is 0 Å². The normalized spacial score (nSPS) is 16.9. The number of benzene rings is 1. The zero-order chi connectivity index (χ0) is 16.7. The Morgan fingerprint density at radius 1 is 1.35 bits per heavy atom. The molecule has 0 bridgehead atoms. The first kappa shape index (κ1) is 17.6. The SMILES string of the molecule is COc1ccccc1N1CCC(NC(=O)CC(CN)OC)CC1. The number of piperidine rings is 1. The van der Waals surface area contributed by atoms with E-state index < -0.39 is 0 Å². The van der Waals surface area contributed by atoms with Crippen molar-refractivity contribution in [3.8, 4) is 5.75 Å². The molecule has 0 radical (unpaired) electrons. The molecule has 3 N–H and O–H groups in total. The van der Waals surface area contributed by atoms with Crippen molar-refractivity contribution >= 4 is 11.6 Å². The number of hydrogen-bond acceptors (Lipinski definition) is 5. The smallest absolute Gasteiger partial charge is 0.222 e. The molecule has 0 saturated carbocycles. The molecule has 23 heavy (non-hydrogen) atoms. The number of nitrogens with one attached hydrogen (secondary N) is 1. The fourth-order valence-corrected chi connectivity index (χ4v) is 2.91. The van der Waals surface area contributed by atoms with E-state index in [2.05, 4.69) is 16.3 Å². The van der Waals surface area contributed by atoms with Crippen molar-refractivity contribution in [2.24, 2.45) is 5.73 Å². The van der Waals surface area contributed by atoms with Gasteiger partial charge in [-0.3, -0.25) is 4.79 Å². The number of para-hydroxylation sites is 2. The Morgan fingerprint density at radius 3 is 2.65 bits per heavy atom. The van der Waals surface area contributed by atoms with Crippen LogP contribution in [0.2, 0.25) is 0 Å². The minimum atomic E-state index is -0.205. The standard InChI is InChI=1S/C17H27N3O3/c1-22-14(12-18)11-17(21)19-13-7-9-20(10-8-13)15-5-3-4-6-16(15)23-2/h3-6,13-14H,7-12,18H2,1-2H3,(H,19,21). The van der Waals surface area contributed by atoms with Crippen LogP contribution in [-0.2, 0) is 9.53 Å². The molecule has 1 saturated heterocycles. The second kappa shape index (κ2) is 8.74. The van der Waals surface area contributed by atoms with Crippen LogP contribution < -0.4 is 20.7 Å². The Kier molecular flexibility index (Phi) is 6.67. The van der Waals surface area contributed by atoms with Crippen molar-refractivity contribution < 1.29 is 14.3 Å². The Hall–Kier alpha value is -1.79. The van der Waals surface area contributed by atoms with Gasteiger partial charge in [0.05, 0.1) is 25.3 Å². The van der Waals surface area contributed by atoms with E-state index in [0.717, 1.165) is 37.4 Å². The Balaban J connectivity index is 1.83. The van der Waals surface area contributed by atoms with Crippen molar-refractivity contribution in [1.82, 2.24) is 5.32 Å². The summed E-state index contributed by atoms with van der Waals surface area (Å²) in [5.74, 6) is 0.902. The molecule has 0 aromatic heterocycles. The van der Waals surface area contributed by atoms with Crippen LogP contribution in [0.15, 0.2) is 24.3 Å². The average Bonchev–Trinajstić information content (AvgIpc) is 2.60. The monoisotopic (exact) mass is 321 g/mol. The summed E-state index contributed by atoms with van der Waals surface area (Å²) >= 11 is 0. The molecule has 1 amide bonds. The van der Waals surface area contributed by atoms with Gasteiger partial charge in [0.25, 0.3) is 0 Å². The van der Waals surface area contributed by atoms with Gasteiger partial charge in [-0.25, -0.2) is 0 Å². The molecule has 128 valence electrons. The highest BCUT2D eigenvalue weighted by atomic mass is 16.5. The molecule has 6 nitrogen and oxygen atoms in total. The van der Waals surface area contributed by atoms with Crippen molar-refractivity contribution in [2.75, 3.05) is 38.8 Å². The van der Waals surface area contributed by atoms with E-state index in [1.165, 1.54) is 0 Å². The van der Waals surface area contributed by atoms with Crippen molar-refractivity contribution in [3.05, 3.63) is 24.3 Å². The molecule has 1 unspecified atom stereocenters. The molecule has 1 aliphatic rings. The largest absolute Gasteiger partial charge is 0.495 e. The van der Waals surface area contributed by atoms with Gasteiger partial charge in [0.2, 0.25) is 5.91 Å². The van der Waals surface area contributed by atoms with Gasteiger partial charge >= 0.3 is 0 Å². The summed E-state index contributed by atoms with van der Waals surface area (Å²) in [6, 6.07) is 8.25. The topological polar surface area (TPSA) is 76.8 Å². The first-order chi connectivity index (χ1) is 11.2. The average molecular weight is 321 g/mol. The molecule has 1 heterocycles. The third kappa shape index (κ3) is 4.84. The van der Waals surface area contributed by atoms with Gasteiger partial charge < -0.3 is 25.4 Å². The van der Waals surface area contributed by atoms with Gasteiger partial charge in [-0.15, -0.1) is 0 Å². The summed E-state index contributed by atoms with van der Waals surface area (Å²) < 4.78 is 10.6. The zero-order valence-electron chi connectivity index (χ0n) is 14.0. The van der Waals surface area contributed by atoms with Crippen molar-refractivity contribution in [1.29, 1.82) is 0 Å². The number of rotatable bonds is 7. The summed E-state index contributed by atoms with van der Waals surface area (Å²) in [6.45, 7) is 2.15. The predicted molar refractivity (Wildman–Crippen MR) is 90.8 cm³/mol. The van der Waals surface area contributed by atoms with Crippen LogP contribution in [0.3, 0.4) is 0 Å². The van der Waals surface area contributed by atoms with Crippen LogP contribution in [0.4, 0.5) is 5.69 Å². The number of hydrogen-bond donors (Lipinski definition) is 2. The Labute approximate surface area is 137 Å². The number of amides is 1. The molecule has 2 rings (SSSR count). The second-order valence-corrected chi connectivity index (χ2v) is 5.80. The van der Waals surface area contributed by atoms with Crippen LogP contribution in [-0.4, -0.2) is 51.9 Å². The molecule has 1 fully saturated rings. The summed E-state index contributed by atoms with van der Waals surface area (Å²) in [5.41, 5.74) is 6.66. The van der Waals surface area contributed by atoms with Crippen molar-refractivity contribution in [2.45, 2.75) is 31.4 Å². The molecule has 0 aliphatic carbocycles. The number of ether oxygens (including phenoxy) is 2. The third-order valence-corrected chi connectivity index (χ3v) is 4.30. The fraction of sp³-hybridized carbons (Fsp3) is 0.588. The van der Waals surface area contributed by atoms with E-state index in [4.69, 9.17) is 15.2 Å². The molecular formula is C17H27N3O3. The van der Waals surface area contributed by atoms with Crippen LogP contribution in [0.1, 0.15) is 19.3 Å². The van der Waals surface area contributed by atoms with Crippen LogP contribution >= 0.6 is 0 Å². The minimum Gasteiger partial charge on any atom is -0.495 e. The highest BCUT2D eigenvalue weighted by Crippen LogP contribution is 2.29. The highest BCUT2D eigenvalue weighted by molar-refractivity contribution is 5.76. The molecule has 6 heteroatoms.